The number of rotatable bonds is 9. The van der Waals surface area contributed by atoms with E-state index in [2.05, 4.69) is 21.8 Å². The smallest absolute Gasteiger partial charge is 0.261 e. The van der Waals surface area contributed by atoms with Crippen molar-refractivity contribution in [2.75, 3.05) is 31.5 Å². The SMILES string of the molecule is C[C@@H]1CN([C@H](C)CO)C(=O)c2cc(NS(=O)(=O)c3ccc(F)cc3)ccc2O[C@H]1CN(C)Cc1ccccc1. The minimum atomic E-state index is -4.02. The molecule has 0 fully saturated rings. The maximum absolute atomic E-state index is 13.6. The Labute approximate surface area is 229 Å². The Balaban J connectivity index is 1.63. The Morgan fingerprint density at radius 3 is 2.49 bits per heavy atom. The van der Waals surface area contributed by atoms with Gasteiger partial charge in [-0.05, 0) is 62.0 Å². The van der Waals surface area contributed by atoms with E-state index < -0.39 is 21.9 Å². The van der Waals surface area contributed by atoms with Gasteiger partial charge < -0.3 is 14.7 Å². The number of nitrogens with one attached hydrogen (secondary N) is 1. The van der Waals surface area contributed by atoms with E-state index in [4.69, 9.17) is 4.74 Å². The van der Waals surface area contributed by atoms with Gasteiger partial charge in [-0.15, -0.1) is 0 Å². The highest BCUT2D eigenvalue weighted by Gasteiger charge is 2.33. The molecule has 0 saturated carbocycles. The molecule has 2 N–H and O–H groups in total. The molecule has 8 nitrogen and oxygen atoms in total. The first-order chi connectivity index (χ1) is 18.6. The molecule has 208 valence electrons. The van der Waals surface area contributed by atoms with Gasteiger partial charge in [0.2, 0.25) is 0 Å². The number of carbonyl (C=O) groups is 1. The highest BCUT2D eigenvalue weighted by Crippen LogP contribution is 2.31. The van der Waals surface area contributed by atoms with Crippen LogP contribution in [0.2, 0.25) is 0 Å². The normalized spacial score (nSPS) is 18.6. The Bertz CT molecular complexity index is 1390. The van der Waals surface area contributed by atoms with Crippen LogP contribution in [0.15, 0.2) is 77.7 Å². The number of ether oxygens (including phenoxy) is 1. The second kappa shape index (κ2) is 12.1. The fourth-order valence-electron chi connectivity index (χ4n) is 4.60. The van der Waals surface area contributed by atoms with E-state index in [0.29, 0.717) is 18.8 Å². The summed E-state index contributed by atoms with van der Waals surface area (Å²) in [5.41, 5.74) is 1.53. The first-order valence-electron chi connectivity index (χ1n) is 12.8. The Morgan fingerprint density at radius 1 is 1.13 bits per heavy atom. The molecule has 39 heavy (non-hydrogen) atoms. The number of amides is 1. The van der Waals surface area contributed by atoms with Crippen LogP contribution in [0.4, 0.5) is 10.1 Å². The Morgan fingerprint density at radius 2 is 1.82 bits per heavy atom. The van der Waals surface area contributed by atoms with Crippen LogP contribution in [-0.4, -0.2) is 68.1 Å². The van der Waals surface area contributed by atoms with Crippen LogP contribution < -0.4 is 9.46 Å². The first kappa shape index (κ1) is 28.5. The van der Waals surface area contributed by atoms with Crippen molar-refractivity contribution in [3.63, 3.8) is 0 Å². The standard InChI is InChI=1S/C29H34FN3O5S/c1-20-16-33(21(2)19-34)29(35)26-15-24(31-39(36,37)25-12-9-23(30)10-13-25)11-14-27(26)38-28(20)18-32(3)17-22-7-5-4-6-8-22/h4-15,20-21,28,31,34H,16-19H2,1-3H3/t20-,21-,28+/m1/s1. The van der Waals surface area contributed by atoms with Crippen LogP contribution in [0.25, 0.3) is 0 Å². The van der Waals surface area contributed by atoms with Crippen LogP contribution >= 0.6 is 0 Å². The highest BCUT2D eigenvalue weighted by atomic mass is 32.2. The largest absolute Gasteiger partial charge is 0.488 e. The molecule has 3 aromatic rings. The number of hydrogen-bond acceptors (Lipinski definition) is 6. The number of hydrogen-bond donors (Lipinski definition) is 2. The molecule has 0 aromatic heterocycles. The predicted octanol–water partition coefficient (Wildman–Crippen LogP) is 3.98. The minimum Gasteiger partial charge on any atom is -0.488 e. The van der Waals surface area contributed by atoms with E-state index in [9.17, 15) is 22.7 Å². The average Bonchev–Trinajstić information content (AvgIpc) is 2.91. The molecule has 0 saturated heterocycles. The molecule has 0 radical (unpaired) electrons. The second-order valence-electron chi connectivity index (χ2n) is 10.1. The van der Waals surface area contributed by atoms with Gasteiger partial charge in [-0.1, -0.05) is 37.3 Å². The van der Waals surface area contributed by atoms with Gasteiger partial charge >= 0.3 is 0 Å². The fraction of sp³-hybridized carbons (Fsp3) is 0.345. The lowest BCUT2D eigenvalue weighted by Gasteiger charge is -2.38. The zero-order valence-electron chi connectivity index (χ0n) is 22.2. The van der Waals surface area contributed by atoms with Crippen molar-refractivity contribution in [2.24, 2.45) is 5.92 Å². The monoisotopic (exact) mass is 555 g/mol. The van der Waals surface area contributed by atoms with E-state index in [-0.39, 0.29) is 40.7 Å². The van der Waals surface area contributed by atoms with E-state index in [1.807, 2.05) is 32.2 Å². The number of sulfonamides is 1. The summed E-state index contributed by atoms with van der Waals surface area (Å²) < 4.78 is 47.9. The molecule has 1 heterocycles. The topological polar surface area (TPSA) is 99.2 Å². The van der Waals surface area contributed by atoms with Crippen molar-refractivity contribution in [1.82, 2.24) is 9.80 Å². The molecule has 3 aromatic carbocycles. The van der Waals surface area contributed by atoms with Crippen LogP contribution in [-0.2, 0) is 16.6 Å². The van der Waals surface area contributed by atoms with Crippen LogP contribution in [0.1, 0.15) is 29.8 Å². The van der Waals surface area contributed by atoms with Crippen molar-refractivity contribution in [3.8, 4) is 5.75 Å². The summed E-state index contributed by atoms with van der Waals surface area (Å²) >= 11 is 0. The molecule has 10 heteroatoms. The average molecular weight is 556 g/mol. The van der Waals surface area contributed by atoms with Crippen LogP contribution in [0.3, 0.4) is 0 Å². The lowest BCUT2D eigenvalue weighted by Crippen LogP contribution is -2.49. The fourth-order valence-corrected chi connectivity index (χ4v) is 5.65. The molecule has 1 aliphatic heterocycles. The van der Waals surface area contributed by atoms with E-state index in [1.54, 1.807) is 17.9 Å². The number of aliphatic hydroxyl groups excluding tert-OH is 1. The number of benzene rings is 3. The summed E-state index contributed by atoms with van der Waals surface area (Å²) in [6, 6.07) is 18.7. The van der Waals surface area contributed by atoms with Gasteiger partial charge in [0.1, 0.15) is 17.7 Å². The summed E-state index contributed by atoms with van der Waals surface area (Å²) in [5, 5.41) is 9.88. The number of fused-ring (bicyclic) bond motifs is 1. The molecule has 0 spiro atoms. The van der Waals surface area contributed by atoms with E-state index >= 15 is 0 Å². The van der Waals surface area contributed by atoms with Gasteiger partial charge in [0.25, 0.3) is 15.9 Å². The van der Waals surface area contributed by atoms with Gasteiger partial charge in [0, 0.05) is 31.2 Å². The molecule has 0 unspecified atom stereocenters. The highest BCUT2D eigenvalue weighted by molar-refractivity contribution is 7.92. The third-order valence-electron chi connectivity index (χ3n) is 6.83. The van der Waals surface area contributed by atoms with Crippen molar-refractivity contribution < 1.29 is 27.4 Å². The van der Waals surface area contributed by atoms with Crippen molar-refractivity contribution >= 4 is 21.6 Å². The first-order valence-corrected chi connectivity index (χ1v) is 14.3. The summed E-state index contributed by atoms with van der Waals surface area (Å²) in [4.78, 5) is 17.3. The molecule has 1 aliphatic rings. The predicted molar refractivity (Wildman–Crippen MR) is 148 cm³/mol. The molecule has 3 atom stereocenters. The third kappa shape index (κ3) is 6.95. The summed E-state index contributed by atoms with van der Waals surface area (Å²) in [6.45, 7) is 5.23. The summed E-state index contributed by atoms with van der Waals surface area (Å²) in [7, 11) is -2.01. The van der Waals surface area contributed by atoms with Gasteiger partial charge in [-0.3, -0.25) is 14.4 Å². The van der Waals surface area contributed by atoms with Gasteiger partial charge in [-0.25, -0.2) is 12.8 Å². The molecule has 1 amide bonds. The maximum Gasteiger partial charge on any atom is 0.261 e. The molecular formula is C29H34FN3O5S. The molecule has 0 bridgehead atoms. The van der Waals surface area contributed by atoms with Gasteiger partial charge in [-0.2, -0.15) is 0 Å². The van der Waals surface area contributed by atoms with Gasteiger partial charge in [0.05, 0.1) is 23.1 Å². The minimum absolute atomic E-state index is 0.0500. The van der Waals surface area contributed by atoms with Crippen molar-refractivity contribution in [3.05, 3.63) is 89.7 Å². The molecule has 4 rings (SSSR count). The number of carbonyl (C=O) groups excluding carboxylic acids is 1. The summed E-state index contributed by atoms with van der Waals surface area (Å²) in [5.74, 6) is -0.623. The third-order valence-corrected chi connectivity index (χ3v) is 8.23. The quantitative estimate of drug-likeness (QED) is 0.415. The Hall–Kier alpha value is -3.47. The number of aliphatic hydroxyl groups is 1. The van der Waals surface area contributed by atoms with Crippen LogP contribution in [0.5, 0.6) is 5.75 Å². The Kier molecular flexibility index (Phi) is 8.89. The maximum atomic E-state index is 13.6. The molecular weight excluding hydrogens is 521 g/mol. The zero-order valence-corrected chi connectivity index (χ0v) is 23.1. The van der Waals surface area contributed by atoms with Crippen molar-refractivity contribution in [1.29, 1.82) is 0 Å². The van der Waals surface area contributed by atoms with Gasteiger partial charge in [0.15, 0.2) is 0 Å². The summed E-state index contributed by atoms with van der Waals surface area (Å²) in [6.07, 6.45) is -0.277. The van der Waals surface area contributed by atoms with E-state index in [0.717, 1.165) is 18.7 Å². The number of anilines is 1. The lowest BCUT2D eigenvalue weighted by atomic mass is 9.99. The second-order valence-corrected chi connectivity index (χ2v) is 11.8. The van der Waals surface area contributed by atoms with Crippen molar-refractivity contribution in [2.45, 2.75) is 37.4 Å². The number of nitrogens with zero attached hydrogens (tertiary/aromatic N) is 2. The number of likely N-dealkylation sites (N-methyl/N-ethyl adjacent to an activating group) is 1. The number of halogens is 1. The molecule has 0 aliphatic carbocycles. The zero-order chi connectivity index (χ0) is 28.2. The lowest BCUT2D eigenvalue weighted by molar-refractivity contribution is 0.0341. The van der Waals surface area contributed by atoms with E-state index in [1.165, 1.54) is 29.8 Å². The van der Waals surface area contributed by atoms with Crippen LogP contribution in [0, 0.1) is 11.7 Å².